The highest BCUT2D eigenvalue weighted by Gasteiger charge is 2.34. The molecule has 2 atom stereocenters. The Bertz CT molecular complexity index is 518. The van der Waals surface area contributed by atoms with E-state index in [0.717, 1.165) is 12.8 Å². The maximum atomic E-state index is 12.2. The van der Waals surface area contributed by atoms with Crippen LogP contribution in [0.15, 0.2) is 24.3 Å². The van der Waals surface area contributed by atoms with Crippen LogP contribution in [0.3, 0.4) is 0 Å². The lowest BCUT2D eigenvalue weighted by Crippen LogP contribution is -2.40. The van der Waals surface area contributed by atoms with Crippen molar-refractivity contribution < 1.29 is 13.5 Å². The molecule has 100 valence electrons. The second-order valence-corrected chi connectivity index (χ2v) is 6.82. The SMILES string of the molecule is O=S(=O)(Nc1ccccc1Cl)C1CCCCC1O. The van der Waals surface area contributed by atoms with E-state index >= 15 is 0 Å². The first-order chi connectivity index (χ1) is 8.50. The molecule has 1 aromatic carbocycles. The second-order valence-electron chi connectivity index (χ2n) is 4.52. The molecule has 2 N–H and O–H groups in total. The summed E-state index contributed by atoms with van der Waals surface area (Å²) in [6.07, 6.45) is 1.93. The molecule has 0 heterocycles. The summed E-state index contributed by atoms with van der Waals surface area (Å²) in [6, 6.07) is 6.67. The number of halogens is 1. The van der Waals surface area contributed by atoms with Crippen LogP contribution >= 0.6 is 11.6 Å². The average molecular weight is 290 g/mol. The van der Waals surface area contributed by atoms with E-state index in [2.05, 4.69) is 4.72 Å². The van der Waals surface area contributed by atoms with Gasteiger partial charge in [0.2, 0.25) is 10.0 Å². The fourth-order valence-electron chi connectivity index (χ4n) is 2.21. The molecule has 6 heteroatoms. The molecule has 0 aliphatic heterocycles. The maximum absolute atomic E-state index is 12.2. The highest BCUT2D eigenvalue weighted by atomic mass is 35.5. The van der Waals surface area contributed by atoms with Crippen LogP contribution in [-0.2, 0) is 10.0 Å². The van der Waals surface area contributed by atoms with Crippen LogP contribution in [0.4, 0.5) is 5.69 Å². The molecule has 4 nitrogen and oxygen atoms in total. The molecule has 2 unspecified atom stereocenters. The predicted octanol–water partition coefficient (Wildman–Crippen LogP) is 2.39. The van der Waals surface area contributed by atoms with Gasteiger partial charge in [0.1, 0.15) is 5.25 Å². The number of anilines is 1. The number of sulfonamides is 1. The van der Waals surface area contributed by atoms with Crippen LogP contribution < -0.4 is 4.72 Å². The zero-order chi connectivity index (χ0) is 13.2. The molecule has 0 bridgehead atoms. The van der Waals surface area contributed by atoms with Gasteiger partial charge in [-0.1, -0.05) is 36.6 Å². The zero-order valence-corrected chi connectivity index (χ0v) is 11.4. The lowest BCUT2D eigenvalue weighted by Gasteiger charge is -2.27. The summed E-state index contributed by atoms with van der Waals surface area (Å²) >= 11 is 5.92. The first-order valence-electron chi connectivity index (χ1n) is 5.95. The standard InChI is InChI=1S/C12H16ClNO3S/c13-9-5-1-2-6-10(9)14-18(16,17)12-8-4-3-7-11(12)15/h1-2,5-6,11-12,14-15H,3-4,7-8H2. The van der Waals surface area contributed by atoms with Crippen LogP contribution in [0.5, 0.6) is 0 Å². The molecule has 2 rings (SSSR count). The summed E-state index contributed by atoms with van der Waals surface area (Å²) in [5.41, 5.74) is 0.358. The van der Waals surface area contributed by atoms with Gasteiger partial charge in [0.25, 0.3) is 0 Å². The van der Waals surface area contributed by atoms with E-state index in [9.17, 15) is 13.5 Å². The maximum Gasteiger partial charge on any atom is 0.238 e. The minimum atomic E-state index is -3.59. The summed E-state index contributed by atoms with van der Waals surface area (Å²) in [5, 5.41) is 9.41. The third-order valence-corrected chi connectivity index (χ3v) is 5.37. The Morgan fingerprint density at radius 3 is 2.56 bits per heavy atom. The van der Waals surface area contributed by atoms with Crippen LogP contribution in [0.2, 0.25) is 5.02 Å². The van der Waals surface area contributed by atoms with Gasteiger partial charge >= 0.3 is 0 Å². The van der Waals surface area contributed by atoms with E-state index in [-0.39, 0.29) is 0 Å². The number of hydrogen-bond donors (Lipinski definition) is 2. The molecule has 1 saturated carbocycles. The molecule has 18 heavy (non-hydrogen) atoms. The average Bonchev–Trinajstić information content (AvgIpc) is 2.32. The second kappa shape index (κ2) is 5.47. The zero-order valence-electron chi connectivity index (χ0n) is 9.84. The number of hydrogen-bond acceptors (Lipinski definition) is 3. The molecular weight excluding hydrogens is 274 g/mol. The highest BCUT2D eigenvalue weighted by Crippen LogP contribution is 2.28. The van der Waals surface area contributed by atoms with E-state index in [1.807, 2.05) is 0 Å². The van der Waals surface area contributed by atoms with Gasteiger partial charge in [-0.25, -0.2) is 8.42 Å². The van der Waals surface area contributed by atoms with E-state index in [1.165, 1.54) is 0 Å². The number of aliphatic hydroxyl groups is 1. The van der Waals surface area contributed by atoms with Crippen molar-refractivity contribution in [3.8, 4) is 0 Å². The number of benzene rings is 1. The molecule has 1 aliphatic rings. The van der Waals surface area contributed by atoms with Crippen LogP contribution in [-0.4, -0.2) is 24.9 Å². The van der Waals surface area contributed by atoms with Gasteiger partial charge in [-0.15, -0.1) is 0 Å². The Morgan fingerprint density at radius 2 is 1.89 bits per heavy atom. The van der Waals surface area contributed by atoms with Crippen molar-refractivity contribution >= 4 is 27.3 Å². The largest absolute Gasteiger partial charge is 0.392 e. The lowest BCUT2D eigenvalue weighted by molar-refractivity contribution is 0.133. The monoisotopic (exact) mass is 289 g/mol. The molecule has 0 radical (unpaired) electrons. The lowest BCUT2D eigenvalue weighted by atomic mass is 9.97. The van der Waals surface area contributed by atoms with Gasteiger partial charge in [0.15, 0.2) is 0 Å². The van der Waals surface area contributed by atoms with Crippen LogP contribution in [0, 0.1) is 0 Å². The summed E-state index contributed by atoms with van der Waals surface area (Å²) < 4.78 is 26.8. The minimum Gasteiger partial charge on any atom is -0.392 e. The van der Waals surface area contributed by atoms with Gasteiger partial charge in [0.05, 0.1) is 16.8 Å². The van der Waals surface area contributed by atoms with Crippen LogP contribution in [0.1, 0.15) is 25.7 Å². The van der Waals surface area contributed by atoms with Crippen molar-refractivity contribution in [1.82, 2.24) is 0 Å². The number of para-hydroxylation sites is 1. The Labute approximate surface area is 112 Å². The van der Waals surface area contributed by atoms with Crippen LogP contribution in [0.25, 0.3) is 0 Å². The fourth-order valence-corrected chi connectivity index (χ4v) is 4.11. The van der Waals surface area contributed by atoms with Gasteiger partial charge in [-0.3, -0.25) is 4.72 Å². The van der Waals surface area contributed by atoms with Gasteiger partial charge in [-0.2, -0.15) is 0 Å². The normalized spacial score (nSPS) is 24.8. The number of aliphatic hydroxyl groups excluding tert-OH is 1. The Kier molecular flexibility index (Phi) is 4.14. The topological polar surface area (TPSA) is 66.4 Å². The highest BCUT2D eigenvalue weighted by molar-refractivity contribution is 7.93. The molecule has 1 aromatic rings. The van der Waals surface area contributed by atoms with E-state index in [4.69, 9.17) is 11.6 Å². The van der Waals surface area contributed by atoms with Crippen molar-refractivity contribution in [3.63, 3.8) is 0 Å². The van der Waals surface area contributed by atoms with Crippen molar-refractivity contribution in [3.05, 3.63) is 29.3 Å². The predicted molar refractivity (Wildman–Crippen MR) is 72.3 cm³/mol. The molecular formula is C12H16ClNO3S. The third kappa shape index (κ3) is 2.96. The fraction of sp³-hybridized carbons (Fsp3) is 0.500. The molecule has 0 amide bonds. The van der Waals surface area contributed by atoms with E-state index in [1.54, 1.807) is 24.3 Å². The van der Waals surface area contributed by atoms with Crippen molar-refractivity contribution in [2.75, 3.05) is 4.72 Å². The van der Waals surface area contributed by atoms with Gasteiger partial charge in [0, 0.05) is 0 Å². The Hall–Kier alpha value is -0.780. The summed E-state index contributed by atoms with van der Waals surface area (Å²) in [6.45, 7) is 0. The molecule has 1 aliphatic carbocycles. The third-order valence-electron chi connectivity index (χ3n) is 3.19. The first kappa shape index (κ1) is 13.6. The molecule has 0 aromatic heterocycles. The Morgan fingerprint density at radius 1 is 1.22 bits per heavy atom. The summed E-state index contributed by atoms with van der Waals surface area (Å²) in [5.74, 6) is 0. The number of rotatable bonds is 3. The van der Waals surface area contributed by atoms with E-state index < -0.39 is 21.4 Å². The van der Waals surface area contributed by atoms with E-state index in [0.29, 0.717) is 23.6 Å². The van der Waals surface area contributed by atoms with Crippen molar-refractivity contribution in [2.24, 2.45) is 0 Å². The molecule has 0 saturated heterocycles. The first-order valence-corrected chi connectivity index (χ1v) is 7.87. The quantitative estimate of drug-likeness (QED) is 0.898. The number of nitrogens with one attached hydrogen (secondary N) is 1. The van der Waals surface area contributed by atoms with Crippen molar-refractivity contribution in [1.29, 1.82) is 0 Å². The molecule has 1 fully saturated rings. The minimum absolute atomic E-state index is 0.353. The van der Waals surface area contributed by atoms with Crippen molar-refractivity contribution in [2.45, 2.75) is 37.0 Å². The van der Waals surface area contributed by atoms with Gasteiger partial charge < -0.3 is 5.11 Å². The smallest absolute Gasteiger partial charge is 0.238 e. The summed E-state index contributed by atoms with van der Waals surface area (Å²) in [4.78, 5) is 0. The molecule has 0 spiro atoms. The summed E-state index contributed by atoms with van der Waals surface area (Å²) in [7, 11) is -3.59. The Balaban J connectivity index is 2.19. The van der Waals surface area contributed by atoms with Gasteiger partial charge in [-0.05, 0) is 25.0 Å².